The average Bonchev–Trinajstić information content (AvgIpc) is 3.12. The number of ether oxygens (including phenoxy) is 3. The number of hydrogen-bond acceptors (Lipinski definition) is 8. The summed E-state index contributed by atoms with van der Waals surface area (Å²) in [5, 5.41) is 3.51. The third kappa shape index (κ3) is 10.1. The quantitative estimate of drug-likeness (QED) is 0.175. The van der Waals surface area contributed by atoms with E-state index in [0.717, 1.165) is 68.3 Å². The van der Waals surface area contributed by atoms with Crippen LogP contribution in [0.3, 0.4) is 0 Å². The Morgan fingerprint density at radius 2 is 1.37 bits per heavy atom. The van der Waals surface area contributed by atoms with Gasteiger partial charge in [0.2, 0.25) is 11.8 Å². The summed E-state index contributed by atoms with van der Waals surface area (Å²) in [5.74, 6) is 1.68. The van der Waals surface area contributed by atoms with E-state index in [1.54, 1.807) is 0 Å². The molecular formula is C40H49N5O4. The smallest absolute Gasteiger partial charge is 0.410 e. The Hall–Kier alpha value is -4.76. The summed E-state index contributed by atoms with van der Waals surface area (Å²) >= 11 is 0. The van der Waals surface area contributed by atoms with Gasteiger partial charge in [-0.15, -0.1) is 0 Å². The van der Waals surface area contributed by atoms with E-state index >= 15 is 0 Å². The number of aromatic nitrogens is 1. The number of benzene rings is 3. The van der Waals surface area contributed by atoms with Gasteiger partial charge in [0.15, 0.2) is 0 Å². The molecule has 3 aromatic carbocycles. The van der Waals surface area contributed by atoms with Crippen molar-refractivity contribution in [2.24, 2.45) is 5.92 Å². The second-order valence-electron chi connectivity index (χ2n) is 13.9. The monoisotopic (exact) mass is 663 g/mol. The standard InChI is InChI=1S/C40H49N5O4/c1-40(2,3)49-39(46)45-26-24-43(25-27-45)28-31-20-22-44(23-21-31)35-16-14-34(15-17-35)41-36-18-19-37(47-29-32-10-6-4-7-11-32)42-38(36)48-30-33-12-8-5-9-13-33/h4-19,31,41H,20-30H2,1-3H3. The highest BCUT2D eigenvalue weighted by Gasteiger charge is 2.28. The normalized spacial score (nSPS) is 15.9. The van der Waals surface area contributed by atoms with Crippen LogP contribution in [0.25, 0.3) is 0 Å². The Morgan fingerprint density at radius 3 is 1.98 bits per heavy atom. The van der Waals surface area contributed by atoms with Gasteiger partial charge in [-0.1, -0.05) is 60.7 Å². The van der Waals surface area contributed by atoms with Crippen LogP contribution in [0, 0.1) is 5.92 Å². The molecule has 2 fully saturated rings. The fourth-order valence-electron chi connectivity index (χ4n) is 6.26. The second-order valence-corrected chi connectivity index (χ2v) is 13.9. The number of piperazine rings is 1. The number of piperidine rings is 1. The molecule has 4 aromatic rings. The van der Waals surface area contributed by atoms with E-state index in [4.69, 9.17) is 19.2 Å². The molecule has 49 heavy (non-hydrogen) atoms. The molecule has 0 bridgehead atoms. The lowest BCUT2D eigenvalue weighted by Gasteiger charge is -2.39. The maximum atomic E-state index is 12.4. The van der Waals surface area contributed by atoms with Gasteiger partial charge in [0.1, 0.15) is 24.5 Å². The van der Waals surface area contributed by atoms with Crippen molar-refractivity contribution in [3.63, 3.8) is 0 Å². The highest BCUT2D eigenvalue weighted by Crippen LogP contribution is 2.31. The van der Waals surface area contributed by atoms with Crippen LogP contribution in [0.15, 0.2) is 97.1 Å². The van der Waals surface area contributed by atoms with Crippen LogP contribution in [0.5, 0.6) is 11.8 Å². The second kappa shape index (κ2) is 16.1. The summed E-state index contributed by atoms with van der Waals surface area (Å²) < 4.78 is 17.8. The predicted octanol–water partition coefficient (Wildman–Crippen LogP) is 7.75. The molecule has 1 amide bonds. The van der Waals surface area contributed by atoms with Gasteiger partial charge < -0.3 is 29.3 Å². The highest BCUT2D eigenvalue weighted by atomic mass is 16.6. The lowest BCUT2D eigenvalue weighted by atomic mass is 9.95. The fourth-order valence-corrected chi connectivity index (χ4v) is 6.26. The summed E-state index contributed by atoms with van der Waals surface area (Å²) in [6.07, 6.45) is 2.13. The van der Waals surface area contributed by atoms with Gasteiger partial charge in [0, 0.05) is 63.3 Å². The molecule has 9 heteroatoms. The van der Waals surface area contributed by atoms with Crippen LogP contribution in [-0.2, 0) is 18.0 Å². The number of amides is 1. The third-order valence-corrected chi connectivity index (χ3v) is 8.95. The van der Waals surface area contributed by atoms with E-state index in [-0.39, 0.29) is 6.09 Å². The molecule has 9 nitrogen and oxygen atoms in total. The van der Waals surface area contributed by atoms with Crippen molar-refractivity contribution in [2.75, 3.05) is 56.0 Å². The lowest BCUT2D eigenvalue weighted by molar-refractivity contribution is 0.0130. The molecule has 0 saturated carbocycles. The molecule has 2 saturated heterocycles. The first-order valence-corrected chi connectivity index (χ1v) is 17.4. The molecule has 6 rings (SSSR count). The number of carbonyl (C=O) groups excluding carboxylic acids is 1. The Kier molecular flexibility index (Phi) is 11.2. The molecule has 0 aliphatic carbocycles. The van der Waals surface area contributed by atoms with E-state index < -0.39 is 5.60 Å². The SMILES string of the molecule is CC(C)(C)OC(=O)N1CCN(CC2CCN(c3ccc(Nc4ccc(OCc5ccccc5)nc4OCc4ccccc4)cc3)CC2)CC1. The Bertz CT molecular complexity index is 1610. The fraction of sp³-hybridized carbons (Fsp3) is 0.400. The van der Waals surface area contributed by atoms with Crippen LogP contribution >= 0.6 is 0 Å². The van der Waals surface area contributed by atoms with Gasteiger partial charge >= 0.3 is 6.09 Å². The summed E-state index contributed by atoms with van der Waals surface area (Å²) in [6, 6.07) is 32.6. The highest BCUT2D eigenvalue weighted by molar-refractivity contribution is 5.68. The zero-order valence-electron chi connectivity index (χ0n) is 29.0. The largest absolute Gasteiger partial charge is 0.473 e. The van der Waals surface area contributed by atoms with Crippen LogP contribution in [-0.4, -0.2) is 72.3 Å². The van der Waals surface area contributed by atoms with Crippen LogP contribution in [0.1, 0.15) is 44.7 Å². The van der Waals surface area contributed by atoms with Gasteiger partial charge in [-0.2, -0.15) is 4.98 Å². The molecule has 3 heterocycles. The number of anilines is 3. The maximum Gasteiger partial charge on any atom is 0.410 e. The molecule has 1 N–H and O–H groups in total. The molecule has 0 spiro atoms. The van der Waals surface area contributed by atoms with Gasteiger partial charge in [0.05, 0.1) is 0 Å². The molecule has 2 aliphatic rings. The zero-order chi connectivity index (χ0) is 34.1. The van der Waals surface area contributed by atoms with Crippen molar-refractivity contribution in [1.82, 2.24) is 14.8 Å². The van der Waals surface area contributed by atoms with Crippen molar-refractivity contribution < 1.29 is 19.0 Å². The first-order chi connectivity index (χ1) is 23.8. The minimum Gasteiger partial charge on any atom is -0.473 e. The number of hydrogen-bond donors (Lipinski definition) is 1. The Labute approximate surface area is 290 Å². The first-order valence-electron chi connectivity index (χ1n) is 17.4. The van der Waals surface area contributed by atoms with Crippen molar-refractivity contribution in [1.29, 1.82) is 0 Å². The van der Waals surface area contributed by atoms with E-state index in [1.807, 2.05) is 98.5 Å². The number of nitrogens with one attached hydrogen (secondary N) is 1. The van der Waals surface area contributed by atoms with Gasteiger partial charge in [-0.05, 0) is 81.0 Å². The lowest BCUT2D eigenvalue weighted by Crippen LogP contribution is -2.51. The number of nitrogens with zero attached hydrogens (tertiary/aromatic N) is 4. The van der Waals surface area contributed by atoms with Crippen molar-refractivity contribution >= 4 is 23.2 Å². The van der Waals surface area contributed by atoms with Gasteiger partial charge in [-0.3, -0.25) is 4.90 Å². The topological polar surface area (TPSA) is 79.4 Å². The van der Waals surface area contributed by atoms with Gasteiger partial charge in [-0.25, -0.2) is 4.79 Å². The molecule has 0 radical (unpaired) electrons. The summed E-state index contributed by atoms with van der Waals surface area (Å²) in [4.78, 5) is 24.0. The van der Waals surface area contributed by atoms with E-state index in [0.29, 0.717) is 30.9 Å². The molecule has 0 atom stereocenters. The minimum atomic E-state index is -0.456. The molecule has 0 unspecified atom stereocenters. The van der Waals surface area contributed by atoms with Crippen molar-refractivity contribution in [3.05, 3.63) is 108 Å². The number of carbonyl (C=O) groups is 1. The molecule has 258 valence electrons. The zero-order valence-corrected chi connectivity index (χ0v) is 29.0. The molecular weight excluding hydrogens is 614 g/mol. The summed E-state index contributed by atoms with van der Waals surface area (Å²) in [5.41, 5.74) is 4.68. The van der Waals surface area contributed by atoms with Gasteiger partial charge in [0.25, 0.3) is 0 Å². The van der Waals surface area contributed by atoms with Crippen molar-refractivity contribution in [3.8, 4) is 11.8 Å². The van der Waals surface area contributed by atoms with E-state index in [2.05, 4.69) is 39.4 Å². The van der Waals surface area contributed by atoms with E-state index in [9.17, 15) is 4.79 Å². The summed E-state index contributed by atoms with van der Waals surface area (Å²) in [7, 11) is 0. The van der Waals surface area contributed by atoms with Crippen LogP contribution in [0.2, 0.25) is 0 Å². The summed E-state index contributed by atoms with van der Waals surface area (Å²) in [6.45, 7) is 13.1. The van der Waals surface area contributed by atoms with E-state index in [1.165, 1.54) is 18.5 Å². The number of rotatable bonds is 11. The molecule has 2 aliphatic heterocycles. The molecule has 1 aromatic heterocycles. The maximum absolute atomic E-state index is 12.4. The predicted molar refractivity (Wildman–Crippen MR) is 195 cm³/mol. The van der Waals surface area contributed by atoms with Crippen molar-refractivity contribution in [2.45, 2.75) is 52.4 Å². The average molecular weight is 664 g/mol. The first kappa shape index (κ1) is 34.1. The third-order valence-electron chi connectivity index (χ3n) is 8.95. The van der Waals surface area contributed by atoms with Crippen LogP contribution in [0.4, 0.5) is 21.9 Å². The minimum absolute atomic E-state index is 0.197. The Morgan fingerprint density at radius 1 is 0.755 bits per heavy atom. The Balaban J connectivity index is 1.01. The van der Waals surface area contributed by atoms with Crippen LogP contribution < -0.4 is 19.7 Å². The number of pyridine rings is 1.